The molecule has 2 fully saturated rings. The molecule has 0 N–H and O–H groups in total. The lowest BCUT2D eigenvalue weighted by molar-refractivity contribution is -0.139. The Morgan fingerprint density at radius 2 is 1.68 bits per heavy atom. The number of amides is 2. The Morgan fingerprint density at radius 1 is 0.968 bits per heavy atom. The van der Waals surface area contributed by atoms with Gasteiger partial charge in [-0.25, -0.2) is 4.39 Å². The van der Waals surface area contributed by atoms with Gasteiger partial charge in [-0.2, -0.15) is 0 Å². The molecule has 2 aromatic carbocycles. The van der Waals surface area contributed by atoms with Crippen LogP contribution in [0.15, 0.2) is 47.4 Å². The molecule has 31 heavy (non-hydrogen) atoms. The second-order valence-electron chi connectivity index (χ2n) is 8.01. The Hall–Kier alpha value is -2.74. The number of hydrogen-bond acceptors (Lipinski definition) is 5. The average molecular weight is 443 g/mol. The minimum Gasteiger partial charge on any atom is -0.454 e. The smallest absolute Gasteiger partial charge is 0.233 e. The van der Waals surface area contributed by atoms with E-state index in [0.717, 1.165) is 28.4 Å². The molecule has 0 aromatic heterocycles. The van der Waals surface area contributed by atoms with E-state index < -0.39 is 0 Å². The molecule has 1 aliphatic carbocycles. The number of carbonyl (C=O) groups excluding carboxylic acids is 2. The predicted octanol–water partition coefficient (Wildman–Crippen LogP) is 3.12. The number of benzene rings is 2. The molecule has 8 heteroatoms. The van der Waals surface area contributed by atoms with Crippen LogP contribution < -0.4 is 9.47 Å². The molecule has 1 saturated heterocycles. The van der Waals surface area contributed by atoms with E-state index in [1.807, 2.05) is 28.0 Å². The Kier molecular flexibility index (Phi) is 5.48. The van der Waals surface area contributed by atoms with Gasteiger partial charge in [0.2, 0.25) is 18.6 Å². The Bertz CT molecular complexity index is 992. The predicted molar refractivity (Wildman–Crippen MR) is 114 cm³/mol. The third-order valence-electron chi connectivity index (χ3n) is 6.05. The number of nitrogens with zero attached hydrogens (tertiary/aromatic N) is 2. The van der Waals surface area contributed by atoms with E-state index >= 15 is 0 Å². The fourth-order valence-electron chi connectivity index (χ4n) is 4.16. The van der Waals surface area contributed by atoms with E-state index in [-0.39, 0.29) is 36.3 Å². The van der Waals surface area contributed by atoms with Gasteiger partial charge in [0.15, 0.2) is 11.5 Å². The van der Waals surface area contributed by atoms with E-state index in [1.54, 1.807) is 12.1 Å². The van der Waals surface area contributed by atoms with Crippen molar-refractivity contribution < 1.29 is 23.5 Å². The van der Waals surface area contributed by atoms with Crippen LogP contribution in [0, 0.1) is 11.7 Å². The zero-order chi connectivity index (χ0) is 21.4. The highest BCUT2D eigenvalue weighted by Crippen LogP contribution is 2.50. The Morgan fingerprint density at radius 3 is 2.45 bits per heavy atom. The molecule has 2 atom stereocenters. The number of hydrogen-bond donors (Lipinski definition) is 0. The van der Waals surface area contributed by atoms with Crippen LogP contribution in [0.4, 0.5) is 4.39 Å². The maximum Gasteiger partial charge on any atom is 0.233 e. The van der Waals surface area contributed by atoms with Crippen molar-refractivity contribution in [1.29, 1.82) is 0 Å². The van der Waals surface area contributed by atoms with Crippen LogP contribution in [-0.2, 0) is 9.59 Å². The second-order valence-corrected chi connectivity index (χ2v) is 9.06. The number of halogens is 1. The highest BCUT2D eigenvalue weighted by Gasteiger charge is 2.46. The highest BCUT2D eigenvalue weighted by molar-refractivity contribution is 8.00. The number of carbonyl (C=O) groups is 2. The molecule has 2 amide bonds. The second kappa shape index (κ2) is 8.42. The molecule has 0 spiro atoms. The summed E-state index contributed by atoms with van der Waals surface area (Å²) in [6, 6.07) is 12.0. The fourth-order valence-corrected chi connectivity index (χ4v) is 4.96. The largest absolute Gasteiger partial charge is 0.454 e. The molecule has 2 aromatic rings. The summed E-state index contributed by atoms with van der Waals surface area (Å²) in [5.41, 5.74) is 1.12. The van der Waals surface area contributed by atoms with E-state index in [1.165, 1.54) is 23.9 Å². The van der Waals surface area contributed by atoms with E-state index in [9.17, 15) is 14.0 Å². The van der Waals surface area contributed by atoms with Crippen LogP contribution in [0.25, 0.3) is 0 Å². The van der Waals surface area contributed by atoms with Crippen molar-refractivity contribution in [2.24, 2.45) is 5.92 Å². The molecule has 0 bridgehead atoms. The first-order chi connectivity index (χ1) is 15.1. The van der Waals surface area contributed by atoms with Crippen molar-refractivity contribution in [1.82, 2.24) is 9.80 Å². The molecule has 2 heterocycles. The lowest BCUT2D eigenvalue weighted by atomic mass is 10.1. The Labute approximate surface area is 184 Å². The maximum atomic E-state index is 13.0. The van der Waals surface area contributed by atoms with E-state index in [4.69, 9.17) is 9.47 Å². The van der Waals surface area contributed by atoms with Crippen LogP contribution in [0.2, 0.25) is 0 Å². The number of fused-ring (bicyclic) bond motifs is 1. The van der Waals surface area contributed by atoms with Gasteiger partial charge in [-0.15, -0.1) is 11.8 Å². The molecule has 162 valence electrons. The van der Waals surface area contributed by atoms with Gasteiger partial charge < -0.3 is 19.3 Å². The summed E-state index contributed by atoms with van der Waals surface area (Å²) in [5.74, 6) is 2.00. The van der Waals surface area contributed by atoms with Crippen LogP contribution in [0.1, 0.15) is 17.9 Å². The lowest BCUT2D eigenvalue weighted by Gasteiger charge is -2.35. The molecule has 3 aliphatic rings. The molecular weight excluding hydrogens is 419 g/mol. The molecular formula is C23H23FN2O4S. The van der Waals surface area contributed by atoms with Gasteiger partial charge in [-0.1, -0.05) is 6.07 Å². The van der Waals surface area contributed by atoms with Crippen LogP contribution in [-0.4, -0.2) is 60.3 Å². The topological polar surface area (TPSA) is 59.1 Å². The summed E-state index contributed by atoms with van der Waals surface area (Å²) in [6.07, 6.45) is 0.853. The standard InChI is InChI=1S/C23H23FN2O4S/c24-16-2-4-17(5-3-16)31-13-22(27)25-7-9-26(10-8-25)23(28)19-12-18(19)15-1-6-20-21(11-15)30-14-29-20/h1-6,11,18-19H,7-10,12-14H2/t18-,19-/m0/s1. The summed E-state index contributed by atoms with van der Waals surface area (Å²) in [7, 11) is 0. The van der Waals surface area contributed by atoms with Crippen LogP contribution in [0.5, 0.6) is 11.5 Å². The number of piperazine rings is 1. The van der Waals surface area contributed by atoms with Crippen molar-refractivity contribution in [3.05, 3.63) is 53.8 Å². The molecule has 5 rings (SSSR count). The van der Waals surface area contributed by atoms with Gasteiger partial charge in [0.25, 0.3) is 0 Å². The third-order valence-corrected chi connectivity index (χ3v) is 7.05. The number of ether oxygens (including phenoxy) is 2. The van der Waals surface area contributed by atoms with Crippen molar-refractivity contribution in [3.8, 4) is 11.5 Å². The first kappa shape index (κ1) is 20.2. The minimum atomic E-state index is -0.284. The molecule has 1 saturated carbocycles. The average Bonchev–Trinajstić information content (AvgIpc) is 3.47. The summed E-state index contributed by atoms with van der Waals surface area (Å²) in [5, 5.41) is 0. The maximum absolute atomic E-state index is 13.0. The molecule has 6 nitrogen and oxygen atoms in total. The van der Waals surface area contributed by atoms with Crippen molar-refractivity contribution in [2.45, 2.75) is 17.2 Å². The molecule has 0 unspecified atom stereocenters. The van der Waals surface area contributed by atoms with Gasteiger partial charge in [-0.3, -0.25) is 9.59 Å². The molecule has 0 radical (unpaired) electrons. The van der Waals surface area contributed by atoms with Gasteiger partial charge in [0.1, 0.15) is 5.82 Å². The fraction of sp³-hybridized carbons (Fsp3) is 0.391. The first-order valence-electron chi connectivity index (χ1n) is 10.4. The van der Waals surface area contributed by atoms with Gasteiger partial charge in [0.05, 0.1) is 5.75 Å². The number of rotatable bonds is 5. The van der Waals surface area contributed by atoms with E-state index in [2.05, 4.69) is 0 Å². The lowest BCUT2D eigenvalue weighted by Crippen LogP contribution is -2.51. The highest BCUT2D eigenvalue weighted by atomic mass is 32.2. The minimum absolute atomic E-state index is 0.0108. The summed E-state index contributed by atoms with van der Waals surface area (Å²) in [4.78, 5) is 30.0. The van der Waals surface area contributed by atoms with Crippen LogP contribution >= 0.6 is 11.8 Å². The van der Waals surface area contributed by atoms with Crippen molar-refractivity contribution >= 4 is 23.6 Å². The normalized spacial score (nSPS) is 21.8. The van der Waals surface area contributed by atoms with Gasteiger partial charge >= 0.3 is 0 Å². The summed E-state index contributed by atoms with van der Waals surface area (Å²) >= 11 is 1.40. The third kappa shape index (κ3) is 4.35. The summed E-state index contributed by atoms with van der Waals surface area (Å²) < 4.78 is 23.8. The monoisotopic (exact) mass is 442 g/mol. The Balaban J connectivity index is 1.09. The zero-order valence-electron chi connectivity index (χ0n) is 17.0. The van der Waals surface area contributed by atoms with Crippen molar-refractivity contribution in [2.75, 3.05) is 38.7 Å². The first-order valence-corrected chi connectivity index (χ1v) is 11.4. The van der Waals surface area contributed by atoms with Crippen molar-refractivity contribution in [3.63, 3.8) is 0 Å². The molecule has 2 aliphatic heterocycles. The van der Waals surface area contributed by atoms with E-state index in [0.29, 0.717) is 31.9 Å². The summed E-state index contributed by atoms with van der Waals surface area (Å²) in [6.45, 7) is 2.48. The van der Waals surface area contributed by atoms with Gasteiger partial charge in [-0.05, 0) is 54.3 Å². The van der Waals surface area contributed by atoms with Crippen LogP contribution in [0.3, 0.4) is 0 Å². The number of thioether (sulfide) groups is 1. The van der Waals surface area contributed by atoms with Gasteiger partial charge in [0, 0.05) is 37.0 Å². The quantitative estimate of drug-likeness (QED) is 0.666. The zero-order valence-corrected chi connectivity index (χ0v) is 17.8. The SMILES string of the molecule is O=C(CSc1ccc(F)cc1)N1CCN(C(=O)[C@H]2C[C@H]2c2ccc3c(c2)OCO3)CC1.